The SMILES string of the molecule is CCc1ccsc1C(=O)N1CCC[C@@H](N(Cc2cncnc2)C(C)=O)CC1. The monoisotopic (exact) mass is 386 g/mol. The Morgan fingerprint density at radius 2 is 2.04 bits per heavy atom. The van der Waals surface area contributed by atoms with Crippen molar-refractivity contribution in [3.05, 3.63) is 46.2 Å². The summed E-state index contributed by atoms with van der Waals surface area (Å²) in [6, 6.07) is 2.17. The van der Waals surface area contributed by atoms with E-state index >= 15 is 0 Å². The van der Waals surface area contributed by atoms with Crippen LogP contribution in [0.4, 0.5) is 0 Å². The van der Waals surface area contributed by atoms with Gasteiger partial charge in [0.2, 0.25) is 5.91 Å². The van der Waals surface area contributed by atoms with Crippen LogP contribution in [0.2, 0.25) is 0 Å². The van der Waals surface area contributed by atoms with Crippen molar-refractivity contribution in [2.75, 3.05) is 13.1 Å². The third-order valence-electron chi connectivity index (χ3n) is 5.12. The number of thiophene rings is 1. The summed E-state index contributed by atoms with van der Waals surface area (Å²) in [5.41, 5.74) is 2.05. The molecule has 0 aromatic carbocycles. The second-order valence-corrected chi connectivity index (χ2v) is 7.82. The maximum atomic E-state index is 12.9. The fourth-order valence-corrected chi connectivity index (χ4v) is 4.61. The van der Waals surface area contributed by atoms with E-state index in [0.29, 0.717) is 13.1 Å². The third-order valence-corrected chi connectivity index (χ3v) is 6.06. The molecule has 7 heteroatoms. The van der Waals surface area contributed by atoms with Crippen LogP contribution in [0.1, 0.15) is 53.9 Å². The molecule has 0 aliphatic carbocycles. The summed E-state index contributed by atoms with van der Waals surface area (Å²) in [6.07, 6.45) is 8.47. The minimum absolute atomic E-state index is 0.0511. The Balaban J connectivity index is 1.67. The molecule has 1 saturated heterocycles. The molecule has 2 aromatic rings. The summed E-state index contributed by atoms with van der Waals surface area (Å²) in [5.74, 6) is 0.184. The highest BCUT2D eigenvalue weighted by atomic mass is 32.1. The summed E-state index contributed by atoms with van der Waals surface area (Å²) in [6.45, 7) is 5.63. The van der Waals surface area contributed by atoms with Crippen molar-refractivity contribution in [1.29, 1.82) is 0 Å². The average molecular weight is 387 g/mol. The summed E-state index contributed by atoms with van der Waals surface area (Å²) in [7, 11) is 0. The maximum Gasteiger partial charge on any atom is 0.264 e. The van der Waals surface area contributed by atoms with Gasteiger partial charge in [0.05, 0.1) is 4.88 Å². The topological polar surface area (TPSA) is 66.4 Å². The lowest BCUT2D eigenvalue weighted by Gasteiger charge is -2.30. The van der Waals surface area contributed by atoms with Crippen molar-refractivity contribution in [2.24, 2.45) is 0 Å². The molecule has 3 heterocycles. The Bertz CT molecular complexity index is 777. The number of aromatic nitrogens is 2. The molecule has 0 unspecified atom stereocenters. The zero-order chi connectivity index (χ0) is 19.2. The van der Waals surface area contributed by atoms with Crippen molar-refractivity contribution >= 4 is 23.2 Å². The molecule has 2 amide bonds. The number of nitrogens with zero attached hydrogens (tertiary/aromatic N) is 4. The van der Waals surface area contributed by atoms with Gasteiger partial charge in [0, 0.05) is 50.6 Å². The minimum Gasteiger partial charge on any atom is -0.338 e. The predicted molar refractivity (Wildman–Crippen MR) is 105 cm³/mol. The molecule has 0 saturated carbocycles. The Kier molecular flexibility index (Phi) is 6.55. The molecule has 0 spiro atoms. The highest BCUT2D eigenvalue weighted by molar-refractivity contribution is 7.12. The number of hydrogen-bond acceptors (Lipinski definition) is 5. The molecular formula is C20H26N4O2S. The fourth-order valence-electron chi connectivity index (χ4n) is 3.64. The average Bonchev–Trinajstić information content (AvgIpc) is 3.03. The first-order valence-electron chi connectivity index (χ1n) is 9.47. The Morgan fingerprint density at radius 3 is 2.74 bits per heavy atom. The second kappa shape index (κ2) is 9.08. The molecule has 0 radical (unpaired) electrons. The van der Waals surface area contributed by atoms with Gasteiger partial charge in [-0.3, -0.25) is 9.59 Å². The van der Waals surface area contributed by atoms with Gasteiger partial charge in [0.15, 0.2) is 0 Å². The van der Waals surface area contributed by atoms with E-state index in [1.807, 2.05) is 21.2 Å². The Hall–Kier alpha value is -2.28. The van der Waals surface area contributed by atoms with Gasteiger partial charge in [-0.25, -0.2) is 9.97 Å². The first-order chi connectivity index (χ1) is 13.1. The van der Waals surface area contributed by atoms with Crippen LogP contribution in [0.5, 0.6) is 0 Å². The fraction of sp³-hybridized carbons (Fsp3) is 0.500. The van der Waals surface area contributed by atoms with Gasteiger partial charge in [0.25, 0.3) is 5.91 Å². The predicted octanol–water partition coefficient (Wildman–Crippen LogP) is 3.14. The molecular weight excluding hydrogens is 360 g/mol. The van der Waals surface area contributed by atoms with Gasteiger partial charge in [-0.2, -0.15) is 0 Å². The quantitative estimate of drug-likeness (QED) is 0.792. The van der Waals surface area contributed by atoms with Crippen LogP contribution >= 0.6 is 11.3 Å². The standard InChI is InChI=1S/C20H26N4O2S/c1-3-17-7-10-27-19(17)20(26)23-8-4-5-18(6-9-23)24(15(2)25)13-16-11-21-14-22-12-16/h7,10-12,14,18H,3-6,8-9,13H2,1-2H3/t18-/m1/s1. The maximum absolute atomic E-state index is 12.9. The van der Waals surface area contributed by atoms with Crippen molar-refractivity contribution in [3.63, 3.8) is 0 Å². The number of hydrogen-bond donors (Lipinski definition) is 0. The molecule has 6 nitrogen and oxygen atoms in total. The Morgan fingerprint density at radius 1 is 1.26 bits per heavy atom. The molecule has 1 aliphatic rings. The van der Waals surface area contributed by atoms with Gasteiger partial charge >= 0.3 is 0 Å². The lowest BCUT2D eigenvalue weighted by Crippen LogP contribution is -2.39. The van der Waals surface area contributed by atoms with E-state index in [9.17, 15) is 9.59 Å². The van der Waals surface area contributed by atoms with Crippen LogP contribution < -0.4 is 0 Å². The van der Waals surface area contributed by atoms with Crippen LogP contribution in [0.25, 0.3) is 0 Å². The van der Waals surface area contributed by atoms with E-state index in [4.69, 9.17) is 0 Å². The van der Waals surface area contributed by atoms with Crippen molar-refractivity contribution < 1.29 is 9.59 Å². The van der Waals surface area contributed by atoms with Crippen molar-refractivity contribution in [3.8, 4) is 0 Å². The molecule has 27 heavy (non-hydrogen) atoms. The first kappa shape index (κ1) is 19.5. The molecule has 1 aliphatic heterocycles. The van der Waals surface area contributed by atoms with Crippen LogP contribution in [0, 0.1) is 0 Å². The van der Waals surface area contributed by atoms with E-state index in [1.165, 1.54) is 17.7 Å². The molecule has 144 valence electrons. The number of carbonyl (C=O) groups excluding carboxylic acids is 2. The van der Waals surface area contributed by atoms with E-state index < -0.39 is 0 Å². The van der Waals surface area contributed by atoms with Gasteiger partial charge in [0.1, 0.15) is 6.33 Å². The van der Waals surface area contributed by atoms with Crippen molar-refractivity contribution in [2.45, 2.75) is 52.1 Å². The van der Waals surface area contributed by atoms with E-state index in [-0.39, 0.29) is 17.9 Å². The molecule has 2 aromatic heterocycles. The van der Waals surface area contributed by atoms with E-state index in [1.54, 1.807) is 19.3 Å². The highest BCUT2D eigenvalue weighted by Gasteiger charge is 2.28. The normalized spacial score (nSPS) is 17.4. The summed E-state index contributed by atoms with van der Waals surface area (Å²) in [5, 5.41) is 1.99. The van der Waals surface area contributed by atoms with E-state index in [0.717, 1.165) is 48.2 Å². The van der Waals surface area contributed by atoms with Gasteiger partial charge in [-0.15, -0.1) is 11.3 Å². The van der Waals surface area contributed by atoms with E-state index in [2.05, 4.69) is 16.9 Å². The highest BCUT2D eigenvalue weighted by Crippen LogP contribution is 2.24. The molecule has 1 atom stereocenters. The zero-order valence-electron chi connectivity index (χ0n) is 15.9. The van der Waals surface area contributed by atoms with Gasteiger partial charge in [-0.05, 0) is 42.7 Å². The summed E-state index contributed by atoms with van der Waals surface area (Å²) >= 11 is 1.53. The number of amides is 2. The molecule has 1 fully saturated rings. The van der Waals surface area contributed by atoms with Crippen LogP contribution in [0.3, 0.4) is 0 Å². The molecule has 3 rings (SSSR count). The largest absolute Gasteiger partial charge is 0.338 e. The zero-order valence-corrected chi connectivity index (χ0v) is 16.7. The number of likely N-dealkylation sites (tertiary alicyclic amines) is 1. The van der Waals surface area contributed by atoms with Crippen LogP contribution in [-0.4, -0.2) is 50.7 Å². The lowest BCUT2D eigenvalue weighted by atomic mass is 10.1. The first-order valence-corrected chi connectivity index (χ1v) is 10.3. The van der Waals surface area contributed by atoms with Crippen LogP contribution in [-0.2, 0) is 17.8 Å². The number of aryl methyl sites for hydroxylation is 1. The lowest BCUT2D eigenvalue weighted by molar-refractivity contribution is -0.132. The van der Waals surface area contributed by atoms with Crippen LogP contribution in [0.15, 0.2) is 30.2 Å². The number of carbonyl (C=O) groups is 2. The molecule has 0 N–H and O–H groups in total. The summed E-state index contributed by atoms with van der Waals surface area (Å²) < 4.78 is 0. The minimum atomic E-state index is 0.0511. The van der Waals surface area contributed by atoms with Gasteiger partial charge < -0.3 is 9.80 Å². The number of rotatable bonds is 5. The van der Waals surface area contributed by atoms with Crippen molar-refractivity contribution in [1.82, 2.24) is 19.8 Å². The smallest absolute Gasteiger partial charge is 0.264 e. The molecule has 0 bridgehead atoms. The second-order valence-electron chi connectivity index (χ2n) is 6.90. The Labute approximate surface area is 164 Å². The summed E-state index contributed by atoms with van der Waals surface area (Å²) in [4.78, 5) is 38.0. The third kappa shape index (κ3) is 4.71. The van der Waals surface area contributed by atoms with Gasteiger partial charge in [-0.1, -0.05) is 6.92 Å².